The van der Waals surface area contributed by atoms with E-state index in [1.165, 1.54) is 10.9 Å². The van der Waals surface area contributed by atoms with Gasteiger partial charge < -0.3 is 10.3 Å². The van der Waals surface area contributed by atoms with Crippen molar-refractivity contribution in [1.82, 2.24) is 4.57 Å². The Labute approximate surface area is 88.5 Å². The molecule has 1 amide bonds. The summed E-state index contributed by atoms with van der Waals surface area (Å²) in [5.74, 6) is -0.260. The third kappa shape index (κ3) is 2.01. The van der Waals surface area contributed by atoms with E-state index in [0.29, 0.717) is 13.0 Å². The quantitative estimate of drug-likeness (QED) is 0.811. The van der Waals surface area contributed by atoms with Crippen LogP contribution >= 0.6 is 0 Å². The van der Waals surface area contributed by atoms with Gasteiger partial charge in [-0.25, -0.2) is 0 Å². The van der Waals surface area contributed by atoms with Gasteiger partial charge in [-0.15, -0.1) is 0 Å². The molecule has 0 saturated carbocycles. The minimum atomic E-state index is -0.260. The Morgan fingerprint density at radius 1 is 1.40 bits per heavy atom. The van der Waals surface area contributed by atoms with Gasteiger partial charge in [0.15, 0.2) is 0 Å². The average Bonchev–Trinajstić information content (AvgIpc) is 2.57. The lowest BCUT2D eigenvalue weighted by atomic mass is 10.2. The highest BCUT2D eigenvalue weighted by Crippen LogP contribution is 2.17. The maximum atomic E-state index is 10.7. The molecular formula is C12H14N2O. The van der Waals surface area contributed by atoms with E-state index in [-0.39, 0.29) is 5.91 Å². The number of aromatic nitrogens is 1. The Morgan fingerprint density at radius 2 is 2.20 bits per heavy atom. The number of hydrogen-bond donors (Lipinski definition) is 1. The van der Waals surface area contributed by atoms with Crippen molar-refractivity contribution < 1.29 is 4.79 Å². The van der Waals surface area contributed by atoms with E-state index in [0.717, 1.165) is 5.52 Å². The smallest absolute Gasteiger partial charge is 0.219 e. The number of benzene rings is 1. The summed E-state index contributed by atoms with van der Waals surface area (Å²) >= 11 is 0. The first kappa shape index (κ1) is 9.77. The van der Waals surface area contributed by atoms with Gasteiger partial charge in [0.05, 0.1) is 0 Å². The number of carbonyl (C=O) groups is 1. The average molecular weight is 202 g/mol. The molecule has 1 heterocycles. The topological polar surface area (TPSA) is 48.0 Å². The van der Waals surface area contributed by atoms with Crippen molar-refractivity contribution in [3.63, 3.8) is 0 Å². The van der Waals surface area contributed by atoms with Gasteiger partial charge in [-0.3, -0.25) is 4.79 Å². The van der Waals surface area contributed by atoms with Gasteiger partial charge in [0, 0.05) is 24.7 Å². The second-order valence-corrected chi connectivity index (χ2v) is 3.79. The summed E-state index contributed by atoms with van der Waals surface area (Å²) in [7, 11) is 0. The Hall–Kier alpha value is -1.77. The third-order valence-corrected chi connectivity index (χ3v) is 2.53. The highest BCUT2D eigenvalue weighted by atomic mass is 16.1. The Kier molecular flexibility index (Phi) is 2.46. The Bertz CT molecular complexity index is 499. The van der Waals surface area contributed by atoms with E-state index in [1.807, 2.05) is 6.20 Å². The maximum absolute atomic E-state index is 10.7. The summed E-state index contributed by atoms with van der Waals surface area (Å²) in [6.07, 6.45) is 2.38. The minimum Gasteiger partial charge on any atom is -0.370 e. The number of nitrogens with zero attached hydrogens (tertiary/aromatic N) is 1. The van der Waals surface area contributed by atoms with Crippen molar-refractivity contribution in [2.24, 2.45) is 5.73 Å². The van der Waals surface area contributed by atoms with E-state index in [1.54, 1.807) is 0 Å². The second-order valence-electron chi connectivity index (χ2n) is 3.79. The van der Waals surface area contributed by atoms with Gasteiger partial charge in [0.25, 0.3) is 0 Å². The number of amides is 1. The van der Waals surface area contributed by atoms with Crippen LogP contribution in [0.2, 0.25) is 0 Å². The van der Waals surface area contributed by atoms with Crippen molar-refractivity contribution in [1.29, 1.82) is 0 Å². The van der Waals surface area contributed by atoms with E-state index in [2.05, 4.69) is 35.8 Å². The lowest BCUT2D eigenvalue weighted by Gasteiger charge is -2.03. The fourth-order valence-corrected chi connectivity index (χ4v) is 1.75. The molecule has 0 unspecified atom stereocenters. The fraction of sp³-hybridized carbons (Fsp3) is 0.250. The molecule has 1 aromatic carbocycles. The molecule has 3 nitrogen and oxygen atoms in total. The number of rotatable bonds is 3. The minimum absolute atomic E-state index is 0.260. The molecule has 0 aliphatic heterocycles. The lowest BCUT2D eigenvalue weighted by molar-refractivity contribution is -0.118. The standard InChI is InChI=1S/C12H14N2O/c1-9-2-3-11-10(8-9)4-6-14(11)7-5-12(13)15/h2-4,6,8H,5,7H2,1H3,(H2,13,15). The second kappa shape index (κ2) is 3.77. The van der Waals surface area contributed by atoms with Gasteiger partial charge in [0.2, 0.25) is 5.91 Å². The van der Waals surface area contributed by atoms with Crippen molar-refractivity contribution in [2.45, 2.75) is 19.9 Å². The summed E-state index contributed by atoms with van der Waals surface area (Å²) in [5.41, 5.74) is 7.52. The zero-order valence-corrected chi connectivity index (χ0v) is 8.73. The van der Waals surface area contributed by atoms with Crippen LogP contribution in [0.1, 0.15) is 12.0 Å². The van der Waals surface area contributed by atoms with E-state index in [4.69, 9.17) is 5.73 Å². The molecule has 2 rings (SSSR count). The SMILES string of the molecule is Cc1ccc2c(ccn2CCC(N)=O)c1. The summed E-state index contributed by atoms with van der Waals surface area (Å²) in [4.78, 5) is 10.7. The Balaban J connectivity index is 2.32. The molecule has 3 heteroatoms. The molecule has 0 atom stereocenters. The molecule has 0 aliphatic rings. The van der Waals surface area contributed by atoms with Crippen molar-refractivity contribution in [3.05, 3.63) is 36.0 Å². The fourth-order valence-electron chi connectivity index (χ4n) is 1.75. The molecule has 2 N–H and O–H groups in total. The molecule has 0 saturated heterocycles. The predicted molar refractivity (Wildman–Crippen MR) is 60.5 cm³/mol. The summed E-state index contributed by atoms with van der Waals surface area (Å²) < 4.78 is 2.06. The van der Waals surface area contributed by atoms with E-state index < -0.39 is 0 Å². The highest BCUT2D eigenvalue weighted by molar-refractivity contribution is 5.81. The number of primary amides is 1. The predicted octanol–water partition coefficient (Wildman–Crippen LogP) is 1.83. The van der Waals surface area contributed by atoms with Crippen LogP contribution in [-0.2, 0) is 11.3 Å². The van der Waals surface area contributed by atoms with Crippen LogP contribution < -0.4 is 5.73 Å². The summed E-state index contributed by atoms with van der Waals surface area (Å²) in [5, 5.41) is 1.21. The van der Waals surface area contributed by atoms with Crippen LogP contribution in [0.15, 0.2) is 30.5 Å². The first-order valence-electron chi connectivity index (χ1n) is 5.00. The molecule has 0 spiro atoms. The van der Waals surface area contributed by atoms with Crippen LogP contribution in [-0.4, -0.2) is 10.5 Å². The highest BCUT2D eigenvalue weighted by Gasteiger charge is 2.02. The van der Waals surface area contributed by atoms with Crippen molar-refractivity contribution in [3.8, 4) is 0 Å². The third-order valence-electron chi connectivity index (χ3n) is 2.53. The van der Waals surface area contributed by atoms with E-state index >= 15 is 0 Å². The van der Waals surface area contributed by atoms with Crippen molar-refractivity contribution >= 4 is 16.8 Å². The van der Waals surface area contributed by atoms with Gasteiger partial charge >= 0.3 is 0 Å². The largest absolute Gasteiger partial charge is 0.370 e. The molecule has 0 bridgehead atoms. The van der Waals surface area contributed by atoms with Crippen molar-refractivity contribution in [2.75, 3.05) is 0 Å². The molecule has 0 radical (unpaired) electrons. The number of fused-ring (bicyclic) bond motifs is 1. The van der Waals surface area contributed by atoms with Crippen LogP contribution in [0, 0.1) is 6.92 Å². The number of carbonyl (C=O) groups excluding carboxylic acids is 1. The lowest BCUT2D eigenvalue weighted by Crippen LogP contribution is -2.13. The molecule has 78 valence electrons. The van der Waals surface area contributed by atoms with Crippen LogP contribution in [0.4, 0.5) is 0 Å². The number of hydrogen-bond acceptors (Lipinski definition) is 1. The van der Waals surface area contributed by atoms with Gasteiger partial charge in [-0.05, 0) is 30.5 Å². The summed E-state index contributed by atoms with van der Waals surface area (Å²) in [6.45, 7) is 2.72. The molecule has 0 aliphatic carbocycles. The monoisotopic (exact) mass is 202 g/mol. The number of nitrogens with two attached hydrogens (primary N) is 1. The normalized spacial score (nSPS) is 10.7. The maximum Gasteiger partial charge on any atom is 0.219 e. The summed E-state index contributed by atoms with van der Waals surface area (Å²) in [6, 6.07) is 8.34. The van der Waals surface area contributed by atoms with Crippen LogP contribution in [0.3, 0.4) is 0 Å². The van der Waals surface area contributed by atoms with Gasteiger partial charge in [-0.1, -0.05) is 11.6 Å². The van der Waals surface area contributed by atoms with Gasteiger partial charge in [0.1, 0.15) is 0 Å². The first-order chi connectivity index (χ1) is 7.16. The molecular weight excluding hydrogens is 188 g/mol. The molecule has 2 aromatic rings. The van der Waals surface area contributed by atoms with E-state index in [9.17, 15) is 4.79 Å². The Morgan fingerprint density at radius 3 is 2.93 bits per heavy atom. The molecule has 15 heavy (non-hydrogen) atoms. The molecule has 1 aromatic heterocycles. The van der Waals surface area contributed by atoms with Crippen LogP contribution in [0.5, 0.6) is 0 Å². The zero-order valence-electron chi connectivity index (χ0n) is 8.73. The number of aryl methyl sites for hydroxylation is 2. The first-order valence-corrected chi connectivity index (χ1v) is 5.00. The van der Waals surface area contributed by atoms with Gasteiger partial charge in [-0.2, -0.15) is 0 Å². The zero-order chi connectivity index (χ0) is 10.8. The molecule has 0 fully saturated rings. The van der Waals surface area contributed by atoms with Crippen LogP contribution in [0.25, 0.3) is 10.9 Å².